The smallest absolute Gasteiger partial charge is 0.288 e. The van der Waals surface area contributed by atoms with Crippen molar-refractivity contribution in [2.24, 2.45) is 5.16 Å². The van der Waals surface area contributed by atoms with Gasteiger partial charge in [-0.1, -0.05) is 22.9 Å². The Hall–Kier alpha value is -1.73. The molecule has 0 unspecified atom stereocenters. The van der Waals surface area contributed by atoms with Gasteiger partial charge in [0, 0.05) is 0 Å². The lowest BCUT2D eigenvalue weighted by Gasteiger charge is -2.07. The Labute approximate surface area is 131 Å². The molecule has 0 amide bonds. The monoisotopic (exact) mass is 369 g/mol. The predicted molar refractivity (Wildman–Crippen MR) is 82.7 cm³/mol. The highest BCUT2D eigenvalue weighted by Gasteiger charge is 2.18. The highest BCUT2D eigenvalue weighted by atomic mass is 79.9. The highest BCUT2D eigenvalue weighted by Crippen LogP contribution is 2.19. The van der Waals surface area contributed by atoms with Gasteiger partial charge < -0.3 is 0 Å². The van der Waals surface area contributed by atoms with E-state index in [0.717, 1.165) is 5.56 Å². The van der Waals surface area contributed by atoms with Gasteiger partial charge in [-0.05, 0) is 59.6 Å². The van der Waals surface area contributed by atoms with E-state index in [2.05, 4.69) is 25.4 Å². The van der Waals surface area contributed by atoms with Crippen molar-refractivity contribution < 1.29 is 17.5 Å². The lowest BCUT2D eigenvalue weighted by molar-refractivity contribution is -0.111. The maximum Gasteiger partial charge on any atom is 0.358 e. The van der Waals surface area contributed by atoms with Crippen molar-refractivity contribution in [3.8, 4) is 0 Å². The molecular formula is C14H12BrNO4S. The molecule has 0 spiro atoms. The van der Waals surface area contributed by atoms with Crippen LogP contribution in [0.1, 0.15) is 12.5 Å². The van der Waals surface area contributed by atoms with Gasteiger partial charge in [-0.3, -0.25) is 9.08 Å². The van der Waals surface area contributed by atoms with Crippen molar-refractivity contribution in [2.75, 3.05) is 0 Å². The largest absolute Gasteiger partial charge is 0.358 e. The van der Waals surface area contributed by atoms with Crippen molar-refractivity contribution in [2.45, 2.75) is 18.7 Å². The summed E-state index contributed by atoms with van der Waals surface area (Å²) in [7, 11) is -3.97. The molecule has 7 heteroatoms. The number of carbonyl (C=O) groups excluding carboxylic acids is 1. The number of hydrogen-bond acceptors (Lipinski definition) is 5. The minimum absolute atomic E-state index is 0.0214. The molecule has 1 aromatic rings. The number of aryl methyl sites for hydroxylation is 1. The van der Waals surface area contributed by atoms with E-state index in [1.165, 1.54) is 24.3 Å². The first kappa shape index (κ1) is 15.7. The van der Waals surface area contributed by atoms with E-state index in [1.54, 1.807) is 19.1 Å². The van der Waals surface area contributed by atoms with Crippen molar-refractivity contribution >= 4 is 37.5 Å². The first-order valence-corrected chi connectivity index (χ1v) is 8.18. The molecule has 0 aliphatic heterocycles. The normalized spacial score (nSPS) is 17.5. The van der Waals surface area contributed by atoms with Crippen LogP contribution in [0.25, 0.3) is 0 Å². The zero-order valence-corrected chi connectivity index (χ0v) is 13.7. The van der Waals surface area contributed by atoms with Gasteiger partial charge in [0.05, 0.1) is 4.48 Å². The number of hydrogen-bond donors (Lipinski definition) is 0. The maximum absolute atomic E-state index is 12.0. The summed E-state index contributed by atoms with van der Waals surface area (Å²) in [5, 5.41) is 3.58. The number of nitrogens with zero attached hydrogens (tertiary/aromatic N) is 1. The van der Waals surface area contributed by atoms with Crippen LogP contribution in [0.2, 0.25) is 0 Å². The van der Waals surface area contributed by atoms with Gasteiger partial charge in [-0.15, -0.1) is 0 Å². The van der Waals surface area contributed by atoms with Crippen LogP contribution in [-0.4, -0.2) is 19.9 Å². The summed E-state index contributed by atoms with van der Waals surface area (Å²) in [5.41, 5.74) is 1.63. The van der Waals surface area contributed by atoms with E-state index in [-0.39, 0.29) is 16.4 Å². The molecule has 2 rings (SSSR count). The lowest BCUT2D eigenvalue weighted by atomic mass is 10.1. The molecule has 1 aliphatic carbocycles. The molecule has 0 saturated heterocycles. The van der Waals surface area contributed by atoms with Crippen LogP contribution < -0.4 is 0 Å². The Bertz CT molecular complexity index is 750. The van der Waals surface area contributed by atoms with E-state index in [9.17, 15) is 13.2 Å². The molecule has 1 aromatic carbocycles. The van der Waals surface area contributed by atoms with E-state index in [1.807, 2.05) is 6.92 Å². The third-order valence-corrected chi connectivity index (χ3v) is 4.47. The van der Waals surface area contributed by atoms with E-state index < -0.39 is 10.1 Å². The number of Topliss-reactive ketones (excluding diaryl/α,β-unsaturated/α-hetero) is 1. The molecule has 0 atom stereocenters. The fraction of sp³-hybridized carbons (Fsp3) is 0.143. The van der Waals surface area contributed by atoms with Crippen molar-refractivity contribution in [1.29, 1.82) is 0 Å². The van der Waals surface area contributed by atoms with Crippen LogP contribution >= 0.6 is 15.9 Å². The average Bonchev–Trinajstić information content (AvgIpc) is 2.43. The van der Waals surface area contributed by atoms with Crippen molar-refractivity contribution in [3.05, 3.63) is 52.0 Å². The quantitative estimate of drug-likeness (QED) is 0.606. The lowest BCUT2D eigenvalue weighted by Crippen LogP contribution is -2.10. The SMILES string of the molecule is CC1=C/C(=N/OS(=O)(=O)c2ccc(C)cc2)C=C(Br)C1=O. The van der Waals surface area contributed by atoms with Crippen LogP contribution in [0, 0.1) is 6.92 Å². The third-order valence-electron chi connectivity index (χ3n) is 2.76. The first-order valence-electron chi connectivity index (χ1n) is 5.98. The standard InChI is InChI=1S/C14H12BrNO4S/c1-9-3-5-12(6-4-9)21(18,19)20-16-11-7-10(2)14(17)13(15)8-11/h3-8H,1-2H3/b16-11-. The molecule has 1 aliphatic rings. The van der Waals surface area contributed by atoms with Gasteiger partial charge in [0.1, 0.15) is 10.6 Å². The van der Waals surface area contributed by atoms with Gasteiger partial charge in [0.2, 0.25) is 0 Å². The minimum atomic E-state index is -3.97. The molecule has 0 bridgehead atoms. The van der Waals surface area contributed by atoms with Crippen LogP contribution in [-0.2, 0) is 19.2 Å². The highest BCUT2D eigenvalue weighted by molar-refractivity contribution is 9.12. The van der Waals surface area contributed by atoms with Crippen LogP contribution in [0.15, 0.2) is 56.5 Å². The number of halogens is 1. The first-order chi connectivity index (χ1) is 9.79. The number of ketones is 1. The fourth-order valence-electron chi connectivity index (χ4n) is 1.61. The third kappa shape index (κ3) is 3.68. The molecule has 0 saturated carbocycles. The zero-order chi connectivity index (χ0) is 15.6. The summed E-state index contributed by atoms with van der Waals surface area (Å²) in [6.45, 7) is 3.47. The summed E-state index contributed by atoms with van der Waals surface area (Å²) in [4.78, 5) is 11.5. The Morgan fingerprint density at radius 2 is 1.71 bits per heavy atom. The topological polar surface area (TPSA) is 72.8 Å². The molecule has 5 nitrogen and oxygen atoms in total. The summed E-state index contributed by atoms with van der Waals surface area (Å²) in [6, 6.07) is 6.23. The summed E-state index contributed by atoms with van der Waals surface area (Å²) < 4.78 is 28.9. The Morgan fingerprint density at radius 3 is 2.29 bits per heavy atom. The van der Waals surface area contributed by atoms with Crippen LogP contribution in [0.4, 0.5) is 0 Å². The molecule has 21 heavy (non-hydrogen) atoms. The molecule has 0 radical (unpaired) electrons. The molecule has 0 fully saturated rings. The van der Waals surface area contributed by atoms with Gasteiger partial charge in [0.15, 0.2) is 5.78 Å². The van der Waals surface area contributed by atoms with Gasteiger partial charge >= 0.3 is 10.1 Å². The number of oxime groups is 1. The number of benzene rings is 1. The summed E-state index contributed by atoms with van der Waals surface area (Å²) in [6.07, 6.45) is 2.86. The summed E-state index contributed by atoms with van der Waals surface area (Å²) in [5.74, 6) is -0.171. The average molecular weight is 370 g/mol. The Balaban J connectivity index is 2.24. The second-order valence-electron chi connectivity index (χ2n) is 4.51. The number of rotatable bonds is 3. The number of carbonyl (C=O) groups is 1. The van der Waals surface area contributed by atoms with Crippen molar-refractivity contribution in [1.82, 2.24) is 0 Å². The molecule has 0 aromatic heterocycles. The number of allylic oxidation sites excluding steroid dienone is 4. The zero-order valence-electron chi connectivity index (χ0n) is 11.3. The van der Waals surface area contributed by atoms with Gasteiger partial charge in [-0.25, -0.2) is 0 Å². The Kier molecular flexibility index (Phi) is 4.43. The molecule has 0 heterocycles. The molecule has 110 valence electrons. The second kappa shape index (κ2) is 5.95. The van der Waals surface area contributed by atoms with Gasteiger partial charge in [-0.2, -0.15) is 8.42 Å². The minimum Gasteiger partial charge on any atom is -0.288 e. The molecular weight excluding hydrogens is 358 g/mol. The van der Waals surface area contributed by atoms with Gasteiger partial charge in [0.25, 0.3) is 0 Å². The fourth-order valence-corrected chi connectivity index (χ4v) is 2.89. The molecule has 0 N–H and O–H groups in total. The Morgan fingerprint density at radius 1 is 1.10 bits per heavy atom. The predicted octanol–water partition coefficient (Wildman–Crippen LogP) is 2.86. The van der Waals surface area contributed by atoms with Crippen LogP contribution in [0.3, 0.4) is 0 Å². The van der Waals surface area contributed by atoms with E-state index >= 15 is 0 Å². The second-order valence-corrected chi connectivity index (χ2v) is 6.89. The van der Waals surface area contributed by atoms with E-state index in [0.29, 0.717) is 10.1 Å². The van der Waals surface area contributed by atoms with Crippen molar-refractivity contribution in [3.63, 3.8) is 0 Å². The summed E-state index contributed by atoms with van der Waals surface area (Å²) >= 11 is 3.09. The maximum atomic E-state index is 12.0. The van der Waals surface area contributed by atoms with E-state index in [4.69, 9.17) is 0 Å². The van der Waals surface area contributed by atoms with Crippen LogP contribution in [0.5, 0.6) is 0 Å².